The first-order chi connectivity index (χ1) is 19.6. The number of imide groups is 2. The smallest absolute Gasteiger partial charge is 0.236 e. The molecule has 0 atom stereocenters. The van der Waals surface area contributed by atoms with Crippen LogP contribution in [0.1, 0.15) is 128 Å². The molecule has 4 saturated carbocycles. The fourth-order valence-electron chi connectivity index (χ4n) is 7.73. The van der Waals surface area contributed by atoms with Gasteiger partial charge in [-0.25, -0.2) is 9.80 Å². The van der Waals surface area contributed by atoms with Crippen molar-refractivity contribution in [3.63, 3.8) is 0 Å². The average Bonchev–Trinajstić information content (AvgIpc) is 3.03. The van der Waals surface area contributed by atoms with Crippen LogP contribution >= 0.6 is 0 Å². The fraction of sp³-hybridized carbons (Fsp3) is 0.758. The van der Waals surface area contributed by atoms with E-state index in [4.69, 9.17) is 0 Å². The van der Waals surface area contributed by atoms with Crippen LogP contribution < -0.4 is 5.32 Å². The molecule has 5 aliphatic rings. The van der Waals surface area contributed by atoms with Gasteiger partial charge in [0.15, 0.2) is 0 Å². The number of dihydropyridines is 1. The van der Waals surface area contributed by atoms with Crippen molar-refractivity contribution in [3.8, 4) is 0 Å². The second-order valence-corrected chi connectivity index (χ2v) is 12.9. The summed E-state index contributed by atoms with van der Waals surface area (Å²) in [4.78, 5) is 59.8. The second-order valence-electron chi connectivity index (χ2n) is 12.9. The number of carbonyl (C=O) groups is 4. The zero-order valence-electron chi connectivity index (χ0n) is 24.3. The topological polar surface area (TPSA) is 86.8 Å². The zero-order chi connectivity index (χ0) is 27.9. The van der Waals surface area contributed by atoms with E-state index in [0.29, 0.717) is 11.4 Å². The van der Waals surface area contributed by atoms with Gasteiger partial charge in [-0.05, 0) is 63.6 Å². The molecule has 40 heavy (non-hydrogen) atoms. The summed E-state index contributed by atoms with van der Waals surface area (Å²) in [7, 11) is 0. The molecule has 5 rings (SSSR count). The minimum absolute atomic E-state index is 0.130. The lowest BCUT2D eigenvalue weighted by Crippen LogP contribution is -2.50. The lowest BCUT2D eigenvalue weighted by Gasteiger charge is -2.38. The predicted octanol–water partition coefficient (Wildman–Crippen LogP) is 6.35. The van der Waals surface area contributed by atoms with Gasteiger partial charge in [0.2, 0.25) is 23.6 Å². The Morgan fingerprint density at radius 2 is 0.825 bits per heavy atom. The maximum absolute atomic E-state index is 14.2. The van der Waals surface area contributed by atoms with E-state index < -0.39 is 0 Å². The summed E-state index contributed by atoms with van der Waals surface area (Å²) in [5.41, 5.74) is 0.959. The largest absolute Gasteiger partial charge is 0.385 e. The molecule has 0 radical (unpaired) electrons. The number of nitrogens with one attached hydrogen (secondary N) is 1. The Balaban J connectivity index is 1.56. The van der Waals surface area contributed by atoms with Gasteiger partial charge < -0.3 is 5.32 Å². The van der Waals surface area contributed by atoms with Crippen molar-refractivity contribution >= 4 is 23.6 Å². The van der Waals surface area contributed by atoms with Gasteiger partial charge in [-0.2, -0.15) is 0 Å². The summed E-state index contributed by atoms with van der Waals surface area (Å²) in [5, 5.41) is 3.22. The molecule has 0 aromatic heterocycles. The minimum atomic E-state index is -0.185. The van der Waals surface area contributed by atoms with Crippen LogP contribution in [0.4, 0.5) is 0 Å². The molecule has 0 unspecified atom stereocenters. The van der Waals surface area contributed by atoms with Crippen LogP contribution in [0.2, 0.25) is 0 Å². The van der Waals surface area contributed by atoms with Gasteiger partial charge in [0.05, 0.1) is 17.9 Å². The Bertz CT molecular complexity index is 933. The highest BCUT2D eigenvalue weighted by atomic mass is 16.2. The number of rotatable bonds is 6. The zero-order valence-corrected chi connectivity index (χ0v) is 24.3. The van der Waals surface area contributed by atoms with E-state index in [1.54, 1.807) is 12.3 Å². The SMILES string of the molecule is O=C(C1CCCCC1)N(C(=O)C1CCCCC1)C1=C(N(C(=O)C2CCCCC2)C(=O)C2CCCCC2)CNC=C1. The van der Waals surface area contributed by atoms with Crippen molar-refractivity contribution in [2.75, 3.05) is 6.54 Å². The van der Waals surface area contributed by atoms with Crippen molar-refractivity contribution in [2.45, 2.75) is 128 Å². The summed E-state index contributed by atoms with van der Waals surface area (Å²) in [5.74, 6) is -1.26. The highest BCUT2D eigenvalue weighted by Crippen LogP contribution is 2.36. The van der Waals surface area contributed by atoms with E-state index in [1.807, 2.05) is 0 Å². The maximum atomic E-state index is 14.2. The summed E-state index contributed by atoms with van der Waals surface area (Å²) in [6, 6.07) is 0. The number of allylic oxidation sites excluding steroid dienone is 1. The highest BCUT2D eigenvalue weighted by Gasteiger charge is 2.42. The number of carbonyl (C=O) groups excluding carboxylic acids is 4. The third kappa shape index (κ3) is 6.54. The third-order valence-electron chi connectivity index (χ3n) is 10.1. The summed E-state index contributed by atoms with van der Waals surface area (Å²) in [6.07, 6.45) is 22.4. The van der Waals surface area contributed by atoms with Crippen molar-refractivity contribution < 1.29 is 19.2 Å². The first kappa shape index (κ1) is 29.1. The van der Waals surface area contributed by atoms with Crippen LogP contribution in [-0.2, 0) is 19.2 Å². The Morgan fingerprint density at radius 3 is 1.18 bits per heavy atom. The fourth-order valence-corrected chi connectivity index (χ4v) is 7.73. The summed E-state index contributed by atoms with van der Waals surface area (Å²) >= 11 is 0. The molecule has 4 fully saturated rings. The first-order valence-electron chi connectivity index (χ1n) is 16.4. The highest BCUT2D eigenvalue weighted by molar-refractivity contribution is 6.02. The average molecular weight is 552 g/mol. The molecule has 0 aromatic carbocycles. The molecule has 4 amide bonds. The van der Waals surface area contributed by atoms with Crippen molar-refractivity contribution in [3.05, 3.63) is 23.7 Å². The van der Waals surface area contributed by atoms with Crippen LogP contribution in [0.3, 0.4) is 0 Å². The molecular weight excluding hydrogens is 502 g/mol. The monoisotopic (exact) mass is 551 g/mol. The van der Waals surface area contributed by atoms with Gasteiger partial charge in [-0.3, -0.25) is 19.2 Å². The molecule has 1 heterocycles. The van der Waals surface area contributed by atoms with Crippen LogP contribution in [-0.4, -0.2) is 40.0 Å². The first-order valence-corrected chi connectivity index (χ1v) is 16.4. The molecule has 1 N–H and O–H groups in total. The van der Waals surface area contributed by atoms with Crippen LogP contribution in [0, 0.1) is 23.7 Å². The molecule has 7 heteroatoms. The predicted molar refractivity (Wildman–Crippen MR) is 154 cm³/mol. The second kappa shape index (κ2) is 14.0. The molecule has 220 valence electrons. The van der Waals surface area contributed by atoms with Crippen molar-refractivity contribution in [2.24, 2.45) is 23.7 Å². The van der Waals surface area contributed by atoms with E-state index in [-0.39, 0.29) is 53.8 Å². The van der Waals surface area contributed by atoms with E-state index in [0.717, 1.165) is 128 Å². The van der Waals surface area contributed by atoms with E-state index in [1.165, 1.54) is 9.80 Å². The van der Waals surface area contributed by atoms with Crippen LogP contribution in [0.5, 0.6) is 0 Å². The van der Waals surface area contributed by atoms with Gasteiger partial charge in [-0.1, -0.05) is 77.0 Å². The van der Waals surface area contributed by atoms with E-state index in [2.05, 4.69) is 5.32 Å². The standard InChI is InChI=1S/C33H49N3O4/c37-30(24-13-5-1-6-14-24)35(31(38)25-15-7-2-8-16-25)28-21-22-34-23-29(28)36(32(39)26-17-9-3-10-18-26)33(40)27-19-11-4-12-20-27/h21-22,24-27,34H,1-20,23H2. The molecule has 7 nitrogen and oxygen atoms in total. The van der Waals surface area contributed by atoms with Gasteiger partial charge in [0.25, 0.3) is 0 Å². The van der Waals surface area contributed by atoms with Crippen LogP contribution in [0.15, 0.2) is 23.7 Å². The number of hydrogen-bond acceptors (Lipinski definition) is 5. The van der Waals surface area contributed by atoms with Crippen molar-refractivity contribution in [1.29, 1.82) is 0 Å². The lowest BCUT2D eigenvalue weighted by molar-refractivity contribution is -0.152. The number of nitrogens with zero attached hydrogens (tertiary/aromatic N) is 2. The van der Waals surface area contributed by atoms with Gasteiger partial charge in [0.1, 0.15) is 0 Å². The normalized spacial score (nSPS) is 23.9. The van der Waals surface area contributed by atoms with E-state index in [9.17, 15) is 19.2 Å². The summed E-state index contributed by atoms with van der Waals surface area (Å²) < 4.78 is 0. The molecule has 4 aliphatic carbocycles. The maximum Gasteiger partial charge on any atom is 0.236 e. The molecular formula is C33H49N3O4. The van der Waals surface area contributed by atoms with Gasteiger partial charge in [-0.15, -0.1) is 0 Å². The van der Waals surface area contributed by atoms with Crippen LogP contribution in [0.25, 0.3) is 0 Å². The number of hydrogen-bond donors (Lipinski definition) is 1. The van der Waals surface area contributed by atoms with Gasteiger partial charge in [0, 0.05) is 23.7 Å². The molecule has 0 aromatic rings. The Hall–Kier alpha value is -2.44. The number of amides is 4. The minimum Gasteiger partial charge on any atom is -0.385 e. The van der Waals surface area contributed by atoms with Gasteiger partial charge >= 0.3 is 0 Å². The molecule has 1 aliphatic heterocycles. The molecule has 0 saturated heterocycles. The lowest BCUT2D eigenvalue weighted by atomic mass is 9.85. The molecule has 0 bridgehead atoms. The Kier molecular flexibility index (Phi) is 10.1. The summed E-state index contributed by atoms with van der Waals surface area (Å²) in [6.45, 7) is 0.259. The van der Waals surface area contributed by atoms with E-state index >= 15 is 0 Å². The van der Waals surface area contributed by atoms with Crippen molar-refractivity contribution in [1.82, 2.24) is 15.1 Å². The third-order valence-corrected chi connectivity index (χ3v) is 10.1. The quantitative estimate of drug-likeness (QED) is 0.389. The Morgan fingerprint density at radius 1 is 0.500 bits per heavy atom. The molecule has 0 spiro atoms. The Labute approximate surface area is 240 Å².